The number of carboxylic acids is 1. The summed E-state index contributed by atoms with van der Waals surface area (Å²) < 4.78 is 0. The van der Waals surface area contributed by atoms with Crippen molar-refractivity contribution < 1.29 is 14.7 Å². The van der Waals surface area contributed by atoms with Crippen molar-refractivity contribution in [3.05, 3.63) is 41.7 Å². The first-order valence-corrected chi connectivity index (χ1v) is 4.53. The van der Waals surface area contributed by atoms with Crippen LogP contribution in [0.2, 0.25) is 0 Å². The highest BCUT2D eigenvalue weighted by Gasteiger charge is 2.08. The molecule has 7 heteroatoms. The molecule has 0 saturated carbocycles. The van der Waals surface area contributed by atoms with E-state index in [0.29, 0.717) is 11.3 Å². The van der Waals surface area contributed by atoms with Gasteiger partial charge in [0.2, 0.25) is 0 Å². The van der Waals surface area contributed by atoms with Crippen LogP contribution in [0.5, 0.6) is 5.75 Å². The van der Waals surface area contributed by atoms with E-state index in [-0.39, 0.29) is 5.69 Å². The molecule has 84 valence electrons. The van der Waals surface area contributed by atoms with Crippen LogP contribution < -0.4 is 4.84 Å². The molecule has 0 bridgehead atoms. The van der Waals surface area contributed by atoms with E-state index in [1.807, 2.05) is 6.07 Å². The van der Waals surface area contributed by atoms with Crippen LogP contribution in [0.1, 0.15) is 16.1 Å². The third-order valence-corrected chi connectivity index (χ3v) is 1.87. The van der Waals surface area contributed by atoms with Gasteiger partial charge >= 0.3 is 5.97 Å². The number of nitriles is 1. The van der Waals surface area contributed by atoms with Crippen LogP contribution in [0.3, 0.4) is 0 Å². The SMILES string of the molecule is N#Cc1ccc(On2cc(C(=O)O)nn2)cc1. The maximum Gasteiger partial charge on any atom is 0.358 e. The maximum absolute atomic E-state index is 10.5. The molecule has 0 unspecified atom stereocenters. The summed E-state index contributed by atoms with van der Waals surface area (Å²) in [7, 11) is 0. The Morgan fingerprint density at radius 1 is 1.41 bits per heavy atom. The molecule has 0 saturated heterocycles. The lowest BCUT2D eigenvalue weighted by Crippen LogP contribution is -2.05. The standard InChI is InChI=1S/C10H6N4O3/c11-5-7-1-3-8(4-2-7)17-14-6-9(10(15)16)12-13-14/h1-4,6H,(H,15,16). The second-order valence-corrected chi connectivity index (χ2v) is 3.04. The van der Waals surface area contributed by atoms with Gasteiger partial charge in [-0.05, 0) is 29.5 Å². The van der Waals surface area contributed by atoms with Gasteiger partial charge in [0.1, 0.15) is 6.20 Å². The van der Waals surface area contributed by atoms with Gasteiger partial charge in [-0.2, -0.15) is 5.26 Å². The fourth-order valence-corrected chi connectivity index (χ4v) is 1.09. The van der Waals surface area contributed by atoms with Crippen molar-refractivity contribution in [1.82, 2.24) is 15.2 Å². The number of nitrogens with zero attached hydrogens (tertiary/aromatic N) is 4. The Labute approximate surface area is 95.4 Å². The van der Waals surface area contributed by atoms with Crippen LogP contribution in [0.4, 0.5) is 0 Å². The quantitative estimate of drug-likeness (QED) is 0.832. The monoisotopic (exact) mass is 230 g/mol. The number of hydrogen-bond donors (Lipinski definition) is 1. The topological polar surface area (TPSA) is 101 Å². The molecule has 0 spiro atoms. The lowest BCUT2D eigenvalue weighted by Gasteiger charge is -2.01. The highest BCUT2D eigenvalue weighted by atomic mass is 16.7. The van der Waals surface area contributed by atoms with Crippen molar-refractivity contribution in [1.29, 1.82) is 5.26 Å². The van der Waals surface area contributed by atoms with Gasteiger partial charge in [-0.25, -0.2) is 4.79 Å². The van der Waals surface area contributed by atoms with E-state index in [1.165, 1.54) is 0 Å². The molecule has 0 radical (unpaired) electrons. The Balaban J connectivity index is 2.14. The number of aromatic nitrogens is 3. The number of aromatic carboxylic acids is 1. The first kappa shape index (κ1) is 10.6. The summed E-state index contributed by atoms with van der Waals surface area (Å²) in [6.45, 7) is 0. The van der Waals surface area contributed by atoms with Gasteiger partial charge < -0.3 is 9.94 Å². The van der Waals surface area contributed by atoms with Crippen molar-refractivity contribution in [2.45, 2.75) is 0 Å². The Morgan fingerprint density at radius 2 is 2.12 bits per heavy atom. The predicted molar refractivity (Wildman–Crippen MR) is 54.2 cm³/mol. The molecule has 17 heavy (non-hydrogen) atoms. The summed E-state index contributed by atoms with van der Waals surface area (Å²) in [6, 6.07) is 8.26. The van der Waals surface area contributed by atoms with Crippen LogP contribution in [0, 0.1) is 11.3 Å². The summed E-state index contributed by atoms with van der Waals surface area (Å²) in [5.41, 5.74) is 0.292. The van der Waals surface area contributed by atoms with Crippen LogP contribution >= 0.6 is 0 Å². The van der Waals surface area contributed by atoms with Crippen molar-refractivity contribution in [2.75, 3.05) is 0 Å². The summed E-state index contributed by atoms with van der Waals surface area (Å²) >= 11 is 0. The number of benzene rings is 1. The van der Waals surface area contributed by atoms with E-state index in [2.05, 4.69) is 10.3 Å². The average Bonchev–Trinajstić information content (AvgIpc) is 2.79. The lowest BCUT2D eigenvalue weighted by atomic mass is 10.2. The van der Waals surface area contributed by atoms with E-state index in [9.17, 15) is 4.79 Å². The zero-order valence-electron chi connectivity index (χ0n) is 8.44. The smallest absolute Gasteiger partial charge is 0.358 e. The van der Waals surface area contributed by atoms with Gasteiger partial charge in [-0.3, -0.25) is 0 Å². The predicted octanol–water partition coefficient (Wildman–Crippen LogP) is 0.690. The normalized spacial score (nSPS) is 9.59. The molecule has 0 fully saturated rings. The van der Waals surface area contributed by atoms with Crippen LogP contribution in [-0.2, 0) is 0 Å². The second-order valence-electron chi connectivity index (χ2n) is 3.04. The minimum Gasteiger partial charge on any atom is -0.476 e. The molecule has 7 nitrogen and oxygen atoms in total. The van der Waals surface area contributed by atoms with Crippen LogP contribution in [-0.4, -0.2) is 26.2 Å². The Hall–Kier alpha value is -2.88. The van der Waals surface area contributed by atoms with Gasteiger partial charge in [0.25, 0.3) is 0 Å². The van der Waals surface area contributed by atoms with Gasteiger partial charge in [0, 0.05) is 0 Å². The number of carbonyl (C=O) groups is 1. The molecule has 2 aromatic rings. The summed E-state index contributed by atoms with van der Waals surface area (Å²) in [6.07, 6.45) is 1.14. The maximum atomic E-state index is 10.5. The molecule has 1 aromatic carbocycles. The van der Waals surface area contributed by atoms with Gasteiger partial charge in [0.05, 0.1) is 11.6 Å². The van der Waals surface area contributed by atoms with E-state index in [4.69, 9.17) is 15.2 Å². The molecule has 1 aromatic heterocycles. The van der Waals surface area contributed by atoms with Crippen molar-refractivity contribution in [3.8, 4) is 11.8 Å². The third kappa shape index (κ3) is 2.38. The minimum atomic E-state index is -1.18. The zero-order chi connectivity index (χ0) is 12.3. The van der Waals surface area contributed by atoms with E-state index >= 15 is 0 Å². The highest BCUT2D eigenvalue weighted by molar-refractivity contribution is 5.84. The lowest BCUT2D eigenvalue weighted by molar-refractivity contribution is 0.0690. The number of hydrogen-bond acceptors (Lipinski definition) is 5. The Morgan fingerprint density at radius 3 is 2.65 bits per heavy atom. The average molecular weight is 230 g/mol. The molecule has 0 aliphatic rings. The zero-order valence-corrected chi connectivity index (χ0v) is 8.44. The fraction of sp³-hybridized carbons (Fsp3) is 0. The van der Waals surface area contributed by atoms with E-state index < -0.39 is 5.97 Å². The first-order valence-electron chi connectivity index (χ1n) is 4.53. The number of carboxylic acid groups (broad SMARTS) is 1. The minimum absolute atomic E-state index is 0.210. The summed E-state index contributed by atoms with van der Waals surface area (Å²) in [5.74, 6) is -0.759. The van der Waals surface area contributed by atoms with Crippen LogP contribution in [0.25, 0.3) is 0 Å². The van der Waals surface area contributed by atoms with Gasteiger partial charge in [-0.1, -0.05) is 4.85 Å². The molecular weight excluding hydrogens is 224 g/mol. The van der Waals surface area contributed by atoms with Crippen molar-refractivity contribution in [3.63, 3.8) is 0 Å². The molecule has 2 rings (SSSR count). The molecular formula is C10H6N4O3. The second kappa shape index (κ2) is 4.32. The molecule has 1 heterocycles. The molecule has 0 aliphatic carbocycles. The first-order chi connectivity index (χ1) is 8.19. The van der Waals surface area contributed by atoms with E-state index in [1.54, 1.807) is 24.3 Å². The van der Waals surface area contributed by atoms with Gasteiger partial charge in [-0.15, -0.1) is 5.10 Å². The molecule has 0 aliphatic heterocycles. The van der Waals surface area contributed by atoms with Crippen molar-refractivity contribution >= 4 is 5.97 Å². The Kier molecular flexibility index (Phi) is 2.70. The highest BCUT2D eigenvalue weighted by Crippen LogP contribution is 2.11. The molecule has 0 atom stereocenters. The molecule has 1 N–H and O–H groups in total. The Bertz CT molecular complexity index is 582. The molecule has 0 amide bonds. The van der Waals surface area contributed by atoms with E-state index in [0.717, 1.165) is 11.0 Å². The number of rotatable bonds is 3. The largest absolute Gasteiger partial charge is 0.476 e. The summed E-state index contributed by atoms with van der Waals surface area (Å²) in [5, 5.41) is 24.1. The van der Waals surface area contributed by atoms with Gasteiger partial charge in [0.15, 0.2) is 11.4 Å². The summed E-state index contributed by atoms with van der Waals surface area (Å²) in [4.78, 5) is 16.7. The third-order valence-electron chi connectivity index (χ3n) is 1.87. The fourth-order valence-electron chi connectivity index (χ4n) is 1.09. The van der Waals surface area contributed by atoms with Crippen LogP contribution in [0.15, 0.2) is 30.5 Å². The van der Waals surface area contributed by atoms with Crippen molar-refractivity contribution in [2.24, 2.45) is 0 Å².